The number of cyclic esters (lactones) is 1. The summed E-state index contributed by atoms with van der Waals surface area (Å²) < 4.78 is 17.5. The van der Waals surface area contributed by atoms with Crippen molar-refractivity contribution in [1.82, 2.24) is 5.32 Å². The highest BCUT2D eigenvalue weighted by Crippen LogP contribution is 2.37. The van der Waals surface area contributed by atoms with Crippen LogP contribution in [0, 0.1) is 47.3 Å². The third-order valence-electron chi connectivity index (χ3n) is 16.7. The molecule has 22 atom stereocenters. The lowest BCUT2D eigenvalue weighted by Gasteiger charge is -2.45. The first-order valence-electron chi connectivity index (χ1n) is 29.3. The van der Waals surface area contributed by atoms with Crippen LogP contribution in [0.5, 0.6) is 0 Å². The molecule has 0 radical (unpaired) electrons. The summed E-state index contributed by atoms with van der Waals surface area (Å²) in [5.41, 5.74) is 5.68. The molecule has 15 N–H and O–H groups in total. The summed E-state index contributed by atoms with van der Waals surface area (Å²) in [6, 6.07) is 0. The SMILES string of the molecule is CN=C(N)NCCC/C=C/CCCC(C)CC(C)C1CC=CC=CC(O)C(C)C(O)CC(O)CC(OC(=O)CC(=O)O)CC2CC(O)C(O)C(O)(CC(O)C(C)CCC(O)C(C)C(O)C(C)C(O)C(C)CCC(O)C(C)C(=O)O1)O2. The lowest BCUT2D eigenvalue weighted by Crippen LogP contribution is -2.60. The van der Waals surface area contributed by atoms with Crippen molar-refractivity contribution >= 4 is 23.9 Å². The Kier molecular flexibility index (Phi) is 33.4. The Morgan fingerprint density at radius 1 is 0.787 bits per heavy atom. The van der Waals surface area contributed by atoms with Crippen molar-refractivity contribution in [1.29, 1.82) is 0 Å². The standard InChI is InChI=1S/C59H105N3O18/c1-34(19-15-12-10-11-13-18-26-62-58(60)61-9)27-37(4)51-21-17-14-16-20-45(64)38(5)48(67)29-42(63)28-43(78-53(72)32-52(70)71)30-44-31-49(68)56(75)59(77,80-44)33-50(69)35(2)22-24-46(65)39(6)55(74)41(8)54(73)36(3)23-25-47(66)40(7)57(76)79-51/h10-11,14,16-17,20,34-51,54-56,63-69,73-75,77H,12-13,15,18-19,21-33H2,1-9H3,(H,70,71)(H3,60,61,62)/b11-10+,17-14?,20-16?. The summed E-state index contributed by atoms with van der Waals surface area (Å²) in [5, 5.41) is 136. The topological polar surface area (TPSA) is 372 Å². The predicted octanol–water partition coefficient (Wildman–Crippen LogP) is 3.53. The number of carboxylic acids is 1. The third-order valence-corrected chi connectivity index (χ3v) is 16.7. The number of rotatable bonds is 14. The number of hydrogen-bond acceptors (Lipinski definition) is 18. The molecule has 0 amide bonds. The molecule has 2 heterocycles. The van der Waals surface area contributed by atoms with Crippen LogP contribution < -0.4 is 11.1 Å². The first-order valence-corrected chi connectivity index (χ1v) is 29.3. The second-order valence-electron chi connectivity index (χ2n) is 23.7. The van der Waals surface area contributed by atoms with Gasteiger partial charge in [-0.3, -0.25) is 19.4 Å². The van der Waals surface area contributed by atoms with Gasteiger partial charge in [-0.1, -0.05) is 91.3 Å². The largest absolute Gasteiger partial charge is 0.481 e. The summed E-state index contributed by atoms with van der Waals surface area (Å²) in [4.78, 5) is 41.7. The summed E-state index contributed by atoms with van der Waals surface area (Å²) in [5.74, 6) is -9.40. The maximum Gasteiger partial charge on any atom is 0.317 e. The van der Waals surface area contributed by atoms with Gasteiger partial charge in [0.05, 0.1) is 67.0 Å². The monoisotopic (exact) mass is 1140 g/mol. The number of carboxylic acid groups (broad SMARTS) is 1. The molecule has 2 rings (SSSR count). The molecule has 1 fully saturated rings. The second kappa shape index (κ2) is 36.9. The van der Waals surface area contributed by atoms with Crippen LogP contribution >= 0.6 is 0 Å². The van der Waals surface area contributed by atoms with Crippen molar-refractivity contribution in [2.45, 2.75) is 250 Å². The maximum absolute atomic E-state index is 13.8. The second-order valence-corrected chi connectivity index (χ2v) is 23.7. The first-order chi connectivity index (χ1) is 37.5. The van der Waals surface area contributed by atoms with Crippen molar-refractivity contribution in [3.8, 4) is 0 Å². The Hall–Kier alpha value is -3.58. The van der Waals surface area contributed by atoms with Crippen LogP contribution in [0.1, 0.15) is 165 Å². The fourth-order valence-corrected chi connectivity index (χ4v) is 10.7. The molecule has 80 heavy (non-hydrogen) atoms. The number of carbonyl (C=O) groups is 3. The molecule has 0 aromatic carbocycles. The highest BCUT2D eigenvalue weighted by Gasteiger charge is 2.50. The van der Waals surface area contributed by atoms with Crippen molar-refractivity contribution < 1.29 is 89.9 Å². The van der Waals surface area contributed by atoms with Crippen LogP contribution in [-0.2, 0) is 28.6 Å². The molecule has 0 aromatic rings. The van der Waals surface area contributed by atoms with Gasteiger partial charge in [0.15, 0.2) is 11.7 Å². The smallest absolute Gasteiger partial charge is 0.317 e. The minimum Gasteiger partial charge on any atom is -0.481 e. The predicted molar refractivity (Wildman–Crippen MR) is 302 cm³/mol. The number of aliphatic carboxylic acids is 1. The average Bonchev–Trinajstić information content (AvgIpc) is 3.39. The Bertz CT molecular complexity index is 1910. The zero-order chi connectivity index (χ0) is 60.4. The number of aliphatic hydroxyl groups excluding tert-OH is 10. The molecule has 0 saturated carbocycles. The zero-order valence-corrected chi connectivity index (χ0v) is 49.2. The molecule has 21 heteroatoms. The minimum atomic E-state index is -2.54. The van der Waals surface area contributed by atoms with Gasteiger partial charge in [-0.25, -0.2) is 0 Å². The molecule has 464 valence electrons. The van der Waals surface area contributed by atoms with E-state index in [2.05, 4.69) is 29.4 Å². The van der Waals surface area contributed by atoms with E-state index in [-0.39, 0.29) is 50.9 Å². The summed E-state index contributed by atoms with van der Waals surface area (Å²) >= 11 is 0. The third kappa shape index (κ3) is 25.9. The highest BCUT2D eigenvalue weighted by molar-refractivity contribution is 5.90. The maximum atomic E-state index is 13.8. The van der Waals surface area contributed by atoms with E-state index in [9.17, 15) is 75.7 Å². The number of nitrogens with zero attached hydrogens (tertiary/aromatic N) is 1. The molecule has 2 bridgehead atoms. The number of ether oxygens (including phenoxy) is 3. The average molecular weight is 1140 g/mol. The molecule has 0 aliphatic carbocycles. The Labute approximate surface area is 475 Å². The number of carbonyl (C=O) groups excluding carboxylic acids is 2. The van der Waals surface area contributed by atoms with E-state index in [4.69, 9.17) is 19.9 Å². The van der Waals surface area contributed by atoms with Crippen LogP contribution in [-0.4, -0.2) is 184 Å². The summed E-state index contributed by atoms with van der Waals surface area (Å²) in [6.07, 6.45) is -1.81. The molecular weight excluding hydrogens is 1040 g/mol. The zero-order valence-electron chi connectivity index (χ0n) is 49.2. The number of esters is 2. The van der Waals surface area contributed by atoms with Gasteiger partial charge in [-0.05, 0) is 94.8 Å². The fraction of sp³-hybridized carbons (Fsp3) is 0.831. The molecule has 1 saturated heterocycles. The van der Waals surface area contributed by atoms with E-state index >= 15 is 0 Å². The van der Waals surface area contributed by atoms with Crippen LogP contribution in [0.25, 0.3) is 0 Å². The van der Waals surface area contributed by atoms with Gasteiger partial charge in [-0.2, -0.15) is 0 Å². The lowest BCUT2D eigenvalue weighted by atomic mass is 9.79. The van der Waals surface area contributed by atoms with Gasteiger partial charge in [0.1, 0.15) is 24.7 Å². The number of aliphatic imine (C=N–C) groups is 1. The number of nitrogens with one attached hydrogen (secondary N) is 1. The van der Waals surface area contributed by atoms with Crippen LogP contribution in [0.15, 0.2) is 41.4 Å². The number of guanidine groups is 1. The molecular formula is C59H105N3O18. The van der Waals surface area contributed by atoms with Gasteiger partial charge in [0.2, 0.25) is 0 Å². The van der Waals surface area contributed by atoms with Gasteiger partial charge < -0.3 is 86.5 Å². The van der Waals surface area contributed by atoms with E-state index in [1.54, 1.807) is 66.8 Å². The Morgan fingerprint density at radius 2 is 1.43 bits per heavy atom. The number of aliphatic hydroxyl groups is 11. The Morgan fingerprint density at radius 3 is 2.08 bits per heavy atom. The number of allylic oxidation sites excluding steroid dienone is 4. The molecule has 21 nitrogen and oxygen atoms in total. The normalized spacial score (nSPS) is 37.9. The van der Waals surface area contributed by atoms with Gasteiger partial charge in [0, 0.05) is 63.5 Å². The Balaban J connectivity index is 2.40. The number of unbranched alkanes of at least 4 members (excludes halogenated alkanes) is 2. The molecule has 2 aliphatic heterocycles. The van der Waals surface area contributed by atoms with Crippen molar-refractivity contribution in [2.24, 2.45) is 58.1 Å². The van der Waals surface area contributed by atoms with E-state index in [0.29, 0.717) is 24.7 Å². The van der Waals surface area contributed by atoms with Gasteiger partial charge in [-0.15, -0.1) is 0 Å². The first kappa shape index (κ1) is 72.5. The minimum absolute atomic E-state index is 0.0796. The lowest BCUT2D eigenvalue weighted by molar-refractivity contribution is -0.333. The fourth-order valence-electron chi connectivity index (χ4n) is 10.7. The number of nitrogens with two attached hydrogens (primary N) is 1. The van der Waals surface area contributed by atoms with E-state index in [1.807, 2.05) is 6.92 Å². The molecule has 0 aromatic heterocycles. The van der Waals surface area contributed by atoms with Crippen LogP contribution in [0.4, 0.5) is 0 Å². The van der Waals surface area contributed by atoms with Crippen LogP contribution in [0.3, 0.4) is 0 Å². The van der Waals surface area contributed by atoms with Crippen LogP contribution in [0.2, 0.25) is 0 Å². The van der Waals surface area contributed by atoms with Gasteiger partial charge in [0.25, 0.3) is 0 Å². The molecule has 2 aliphatic rings. The highest BCUT2D eigenvalue weighted by atomic mass is 16.7. The van der Waals surface area contributed by atoms with E-state index in [1.165, 1.54) is 6.08 Å². The van der Waals surface area contributed by atoms with Crippen molar-refractivity contribution in [3.05, 3.63) is 36.5 Å². The number of fused-ring (bicyclic) bond motifs is 2. The van der Waals surface area contributed by atoms with E-state index in [0.717, 1.165) is 45.1 Å². The summed E-state index contributed by atoms with van der Waals surface area (Å²) in [6.45, 7) is 14.8. The van der Waals surface area contributed by atoms with Crippen molar-refractivity contribution in [3.63, 3.8) is 0 Å². The van der Waals surface area contributed by atoms with E-state index < -0.39 is 151 Å². The molecule has 0 spiro atoms. The van der Waals surface area contributed by atoms with Crippen molar-refractivity contribution in [2.75, 3.05) is 13.6 Å². The molecule has 22 unspecified atom stereocenters. The van der Waals surface area contributed by atoms with Gasteiger partial charge >= 0.3 is 17.9 Å². The summed E-state index contributed by atoms with van der Waals surface area (Å²) in [7, 11) is 1.63. The quantitative estimate of drug-likeness (QED) is 0.0295. The number of hydrogen-bond donors (Lipinski definition) is 14.